The first kappa shape index (κ1) is 14.9. The molecule has 4 heteroatoms. The third-order valence-corrected chi connectivity index (χ3v) is 3.90. The molecule has 2 unspecified atom stereocenters. The number of rotatable bonds is 6. The molecule has 1 aliphatic rings. The number of hydrogen-bond acceptors (Lipinski definition) is 3. The Hall–Kier alpha value is -1.55. The topological polar surface area (TPSA) is 50.4 Å². The Balaban J connectivity index is 1.91. The molecule has 4 nitrogen and oxygen atoms in total. The Kier molecular flexibility index (Phi) is 5.41. The number of methoxy groups -OCH3 is 1. The Morgan fingerprint density at radius 2 is 2.20 bits per heavy atom. The van der Waals surface area contributed by atoms with E-state index in [2.05, 4.69) is 17.6 Å². The highest BCUT2D eigenvalue weighted by Crippen LogP contribution is 2.21. The van der Waals surface area contributed by atoms with E-state index in [1.807, 2.05) is 24.3 Å². The first-order valence-electron chi connectivity index (χ1n) is 7.37. The number of ether oxygens (including phenoxy) is 1. The van der Waals surface area contributed by atoms with Crippen LogP contribution in [0.1, 0.15) is 37.8 Å². The summed E-state index contributed by atoms with van der Waals surface area (Å²) in [6, 6.07) is 7.99. The zero-order valence-corrected chi connectivity index (χ0v) is 12.3. The standard InChI is InChI=1S/C16H24N2O2/c1-3-15(13-4-6-14(20-2)7-5-13)18-16(19)10-12-8-9-17-11-12/h4-7,12,15,17H,3,8-11H2,1-2H3,(H,18,19). The van der Waals surface area contributed by atoms with E-state index in [0.717, 1.165) is 37.2 Å². The van der Waals surface area contributed by atoms with E-state index in [4.69, 9.17) is 4.74 Å². The van der Waals surface area contributed by atoms with Crippen LogP contribution in [0, 0.1) is 5.92 Å². The highest BCUT2D eigenvalue weighted by molar-refractivity contribution is 5.76. The fourth-order valence-corrected chi connectivity index (χ4v) is 2.66. The van der Waals surface area contributed by atoms with Gasteiger partial charge in [-0.3, -0.25) is 4.79 Å². The molecule has 1 aliphatic heterocycles. The van der Waals surface area contributed by atoms with E-state index in [1.54, 1.807) is 7.11 Å². The van der Waals surface area contributed by atoms with Crippen LogP contribution in [0.15, 0.2) is 24.3 Å². The van der Waals surface area contributed by atoms with Gasteiger partial charge in [0.15, 0.2) is 0 Å². The van der Waals surface area contributed by atoms with E-state index in [-0.39, 0.29) is 11.9 Å². The third kappa shape index (κ3) is 3.97. The highest BCUT2D eigenvalue weighted by atomic mass is 16.5. The maximum atomic E-state index is 12.1. The van der Waals surface area contributed by atoms with E-state index < -0.39 is 0 Å². The van der Waals surface area contributed by atoms with Crippen LogP contribution in [-0.2, 0) is 4.79 Å². The molecule has 20 heavy (non-hydrogen) atoms. The Morgan fingerprint density at radius 1 is 1.45 bits per heavy atom. The molecule has 1 amide bonds. The predicted octanol–water partition coefficient (Wildman–Crippen LogP) is 2.26. The average molecular weight is 276 g/mol. The van der Waals surface area contributed by atoms with Crippen LogP contribution in [0.2, 0.25) is 0 Å². The van der Waals surface area contributed by atoms with Gasteiger partial charge in [0.2, 0.25) is 5.91 Å². The first-order chi connectivity index (χ1) is 9.72. The maximum absolute atomic E-state index is 12.1. The van der Waals surface area contributed by atoms with Gasteiger partial charge in [0.25, 0.3) is 0 Å². The van der Waals surface area contributed by atoms with Crippen molar-refractivity contribution in [2.24, 2.45) is 5.92 Å². The lowest BCUT2D eigenvalue weighted by atomic mass is 10.0. The molecule has 0 bridgehead atoms. The molecule has 0 aliphatic carbocycles. The lowest BCUT2D eigenvalue weighted by Crippen LogP contribution is -2.30. The number of nitrogens with one attached hydrogen (secondary N) is 2. The van der Waals surface area contributed by atoms with E-state index in [9.17, 15) is 4.79 Å². The minimum absolute atomic E-state index is 0.0859. The molecule has 0 spiro atoms. The molecule has 110 valence electrons. The summed E-state index contributed by atoms with van der Waals surface area (Å²) in [6.45, 7) is 4.09. The molecule has 1 fully saturated rings. The number of carbonyl (C=O) groups excluding carboxylic acids is 1. The van der Waals surface area contributed by atoms with Gasteiger partial charge in [0.1, 0.15) is 5.75 Å². The van der Waals surface area contributed by atoms with Crippen molar-refractivity contribution in [2.45, 2.75) is 32.2 Å². The van der Waals surface area contributed by atoms with Crippen molar-refractivity contribution < 1.29 is 9.53 Å². The van der Waals surface area contributed by atoms with Gasteiger partial charge in [-0.15, -0.1) is 0 Å². The second-order valence-electron chi connectivity index (χ2n) is 5.36. The molecule has 0 radical (unpaired) electrons. The summed E-state index contributed by atoms with van der Waals surface area (Å²) in [7, 11) is 1.66. The Labute approximate surface area is 120 Å². The van der Waals surface area contributed by atoms with Gasteiger partial charge in [0, 0.05) is 6.42 Å². The van der Waals surface area contributed by atoms with Gasteiger partial charge in [0.05, 0.1) is 13.2 Å². The van der Waals surface area contributed by atoms with Crippen LogP contribution in [0.25, 0.3) is 0 Å². The number of hydrogen-bond donors (Lipinski definition) is 2. The molecule has 2 N–H and O–H groups in total. The number of amides is 1. The SMILES string of the molecule is CCC(NC(=O)CC1CCNC1)c1ccc(OC)cc1. The number of carbonyl (C=O) groups is 1. The van der Waals surface area contributed by atoms with E-state index >= 15 is 0 Å². The van der Waals surface area contributed by atoms with Crippen LogP contribution in [0.4, 0.5) is 0 Å². The van der Waals surface area contributed by atoms with Gasteiger partial charge >= 0.3 is 0 Å². The van der Waals surface area contributed by atoms with Crippen molar-refractivity contribution >= 4 is 5.91 Å². The van der Waals surface area contributed by atoms with Crippen LogP contribution in [-0.4, -0.2) is 26.1 Å². The van der Waals surface area contributed by atoms with Crippen molar-refractivity contribution in [3.05, 3.63) is 29.8 Å². The molecule has 0 saturated carbocycles. The fourth-order valence-electron chi connectivity index (χ4n) is 2.66. The monoisotopic (exact) mass is 276 g/mol. The second kappa shape index (κ2) is 7.29. The Bertz CT molecular complexity index is 425. The van der Waals surface area contributed by atoms with Gasteiger partial charge < -0.3 is 15.4 Å². The summed E-state index contributed by atoms with van der Waals surface area (Å²) in [5.41, 5.74) is 1.13. The van der Waals surface area contributed by atoms with Gasteiger partial charge in [-0.25, -0.2) is 0 Å². The van der Waals surface area contributed by atoms with E-state index in [0.29, 0.717) is 12.3 Å². The molecule has 1 aromatic rings. The quantitative estimate of drug-likeness (QED) is 0.838. The fraction of sp³-hybridized carbons (Fsp3) is 0.562. The van der Waals surface area contributed by atoms with Crippen LogP contribution < -0.4 is 15.4 Å². The zero-order valence-electron chi connectivity index (χ0n) is 12.3. The van der Waals surface area contributed by atoms with Crippen molar-refractivity contribution in [1.29, 1.82) is 0 Å². The van der Waals surface area contributed by atoms with E-state index in [1.165, 1.54) is 0 Å². The van der Waals surface area contributed by atoms with Crippen molar-refractivity contribution in [2.75, 3.05) is 20.2 Å². The molecule has 2 rings (SSSR count). The highest BCUT2D eigenvalue weighted by Gasteiger charge is 2.20. The van der Waals surface area contributed by atoms with Gasteiger partial charge in [-0.2, -0.15) is 0 Å². The lowest BCUT2D eigenvalue weighted by Gasteiger charge is -2.19. The third-order valence-electron chi connectivity index (χ3n) is 3.90. The molecule has 2 atom stereocenters. The van der Waals surface area contributed by atoms with Crippen molar-refractivity contribution in [3.63, 3.8) is 0 Å². The second-order valence-corrected chi connectivity index (χ2v) is 5.36. The molecule has 1 saturated heterocycles. The summed E-state index contributed by atoms with van der Waals surface area (Å²) in [4.78, 5) is 12.1. The minimum atomic E-state index is 0.0859. The maximum Gasteiger partial charge on any atom is 0.220 e. The average Bonchev–Trinajstić information content (AvgIpc) is 2.97. The van der Waals surface area contributed by atoms with Crippen molar-refractivity contribution in [1.82, 2.24) is 10.6 Å². The van der Waals surface area contributed by atoms with Gasteiger partial charge in [-0.1, -0.05) is 19.1 Å². The summed E-state index contributed by atoms with van der Waals surface area (Å²) in [5.74, 6) is 1.48. The van der Waals surface area contributed by atoms with Crippen molar-refractivity contribution in [3.8, 4) is 5.75 Å². The molecule has 1 aromatic carbocycles. The first-order valence-corrected chi connectivity index (χ1v) is 7.37. The smallest absolute Gasteiger partial charge is 0.220 e. The summed E-state index contributed by atoms with van der Waals surface area (Å²) < 4.78 is 5.16. The normalized spacial score (nSPS) is 19.6. The van der Waals surface area contributed by atoms with Crippen LogP contribution in [0.3, 0.4) is 0 Å². The summed E-state index contributed by atoms with van der Waals surface area (Å²) >= 11 is 0. The predicted molar refractivity (Wildman–Crippen MR) is 79.8 cm³/mol. The molecule has 0 aromatic heterocycles. The zero-order chi connectivity index (χ0) is 14.4. The number of benzene rings is 1. The van der Waals surface area contributed by atoms with Gasteiger partial charge in [-0.05, 0) is 49.5 Å². The Morgan fingerprint density at radius 3 is 2.75 bits per heavy atom. The van der Waals surface area contributed by atoms with Crippen LogP contribution >= 0.6 is 0 Å². The molecule has 1 heterocycles. The summed E-state index contributed by atoms with van der Waals surface area (Å²) in [5, 5.41) is 6.44. The minimum Gasteiger partial charge on any atom is -0.497 e. The lowest BCUT2D eigenvalue weighted by molar-refractivity contribution is -0.122. The summed E-state index contributed by atoms with van der Waals surface area (Å²) in [6.07, 6.45) is 2.62. The van der Waals surface area contributed by atoms with Crippen LogP contribution in [0.5, 0.6) is 5.75 Å². The largest absolute Gasteiger partial charge is 0.497 e. The molecular weight excluding hydrogens is 252 g/mol. The molecular formula is C16H24N2O2.